The summed E-state index contributed by atoms with van der Waals surface area (Å²) >= 11 is 0. The summed E-state index contributed by atoms with van der Waals surface area (Å²) < 4.78 is 3.73. The highest BCUT2D eigenvalue weighted by molar-refractivity contribution is 4.40. The van der Waals surface area contributed by atoms with Crippen LogP contribution in [-0.2, 0) is 0 Å². The van der Waals surface area contributed by atoms with Crippen molar-refractivity contribution in [1.29, 1.82) is 0 Å². The lowest BCUT2D eigenvalue weighted by Crippen LogP contribution is -2.14. The van der Waals surface area contributed by atoms with Gasteiger partial charge in [0.2, 0.25) is 0 Å². The number of aliphatic hydroxyl groups is 2. The van der Waals surface area contributed by atoms with Gasteiger partial charge in [-0.05, 0) is 14.1 Å². The van der Waals surface area contributed by atoms with Crippen molar-refractivity contribution in [1.82, 2.24) is 4.90 Å². The second-order valence-electron chi connectivity index (χ2n) is 2.10. The second kappa shape index (κ2) is 5.06. The first-order valence-corrected chi connectivity index (χ1v) is 2.84. The summed E-state index contributed by atoms with van der Waals surface area (Å²) in [7, 11) is 7.51. The van der Waals surface area contributed by atoms with E-state index in [9.17, 15) is 0 Å². The SMILES string of the molecule is [CH2-][OH+]CCCN(C)C. The van der Waals surface area contributed by atoms with Gasteiger partial charge in [-0.1, -0.05) is 7.11 Å². The van der Waals surface area contributed by atoms with E-state index in [0.29, 0.717) is 0 Å². The average molecular weight is 117 g/mol. The zero-order chi connectivity index (χ0) is 6.41. The Labute approximate surface area is 51.4 Å². The molecule has 0 radical (unpaired) electrons. The Morgan fingerprint density at radius 3 is 2.50 bits per heavy atom. The second-order valence-corrected chi connectivity index (χ2v) is 2.10. The smallest absolute Gasteiger partial charge is 0.120 e. The van der Waals surface area contributed by atoms with Crippen molar-refractivity contribution in [3.63, 3.8) is 0 Å². The molecule has 0 amide bonds. The van der Waals surface area contributed by atoms with E-state index in [-0.39, 0.29) is 0 Å². The van der Waals surface area contributed by atoms with Crippen LogP contribution in [-0.4, -0.2) is 36.9 Å². The van der Waals surface area contributed by atoms with E-state index in [1.807, 2.05) is 0 Å². The molecule has 0 atom stereocenters. The van der Waals surface area contributed by atoms with Gasteiger partial charge in [0.25, 0.3) is 0 Å². The topological polar surface area (TPSA) is 16.0 Å². The number of hydrogen-bond donors (Lipinski definition) is 0. The third-order valence-electron chi connectivity index (χ3n) is 0.922. The molecule has 0 aliphatic carbocycles. The van der Waals surface area contributed by atoms with Gasteiger partial charge in [-0.15, -0.1) is 0 Å². The largest absolute Gasteiger partial charge is 0.582 e. The van der Waals surface area contributed by atoms with Crippen LogP contribution in [0.1, 0.15) is 6.42 Å². The van der Waals surface area contributed by atoms with Crippen LogP contribution in [0.15, 0.2) is 0 Å². The molecule has 0 fully saturated rings. The summed E-state index contributed by atoms with van der Waals surface area (Å²) in [5.41, 5.74) is 0. The van der Waals surface area contributed by atoms with Crippen molar-refractivity contribution in [3.8, 4) is 0 Å². The summed E-state index contributed by atoms with van der Waals surface area (Å²) in [6, 6.07) is 0. The maximum atomic E-state index is 3.73. The zero-order valence-corrected chi connectivity index (χ0v) is 5.72. The Balaban J connectivity index is 2.72. The van der Waals surface area contributed by atoms with E-state index in [0.717, 1.165) is 19.6 Å². The highest BCUT2D eigenvalue weighted by Gasteiger charge is 1.87. The Morgan fingerprint density at radius 1 is 1.50 bits per heavy atom. The summed E-state index contributed by atoms with van der Waals surface area (Å²) in [5, 5.41) is 0. The predicted octanol–water partition coefficient (Wildman–Crippen LogP) is 0.258. The molecule has 0 spiro atoms. The van der Waals surface area contributed by atoms with Crippen molar-refractivity contribution in [2.45, 2.75) is 6.42 Å². The van der Waals surface area contributed by atoms with Gasteiger partial charge in [0.15, 0.2) is 0 Å². The molecule has 1 N–H and O–H groups in total. The monoisotopic (exact) mass is 117 g/mol. The van der Waals surface area contributed by atoms with Gasteiger partial charge in [-0.25, -0.2) is 0 Å². The first kappa shape index (κ1) is 7.92. The molecular formula is C6H15NO. The van der Waals surface area contributed by atoms with Crippen LogP contribution in [0, 0.1) is 7.11 Å². The van der Waals surface area contributed by atoms with Crippen molar-refractivity contribution in [2.75, 3.05) is 27.2 Å². The fraction of sp³-hybridized carbons (Fsp3) is 0.833. The number of hydrogen-bond acceptors (Lipinski definition) is 1. The fourth-order valence-corrected chi connectivity index (χ4v) is 0.499. The van der Waals surface area contributed by atoms with Crippen LogP contribution < -0.4 is 0 Å². The molecule has 0 aromatic carbocycles. The van der Waals surface area contributed by atoms with E-state index >= 15 is 0 Å². The van der Waals surface area contributed by atoms with Crippen LogP contribution in [0.25, 0.3) is 0 Å². The van der Waals surface area contributed by atoms with E-state index in [4.69, 9.17) is 0 Å². The summed E-state index contributed by atoms with van der Waals surface area (Å²) in [6.45, 7) is 2.00. The van der Waals surface area contributed by atoms with Gasteiger partial charge in [-0.2, -0.15) is 0 Å². The zero-order valence-electron chi connectivity index (χ0n) is 5.72. The van der Waals surface area contributed by atoms with Gasteiger partial charge in [0.1, 0.15) is 6.61 Å². The highest BCUT2D eigenvalue weighted by Crippen LogP contribution is 1.80. The minimum Gasteiger partial charge on any atom is -0.582 e. The first-order valence-electron chi connectivity index (χ1n) is 2.84. The van der Waals surface area contributed by atoms with Crippen molar-refractivity contribution < 1.29 is 4.74 Å². The van der Waals surface area contributed by atoms with Crippen LogP contribution in [0.4, 0.5) is 0 Å². The summed E-state index contributed by atoms with van der Waals surface area (Å²) in [6.07, 6.45) is 1.12. The lowest BCUT2D eigenvalue weighted by molar-refractivity contribution is 0.0505. The molecule has 2 heteroatoms. The molecule has 2 nitrogen and oxygen atoms in total. The number of nitrogens with zero attached hydrogens (tertiary/aromatic N) is 1. The van der Waals surface area contributed by atoms with Gasteiger partial charge in [-0.3, -0.25) is 0 Å². The minimum absolute atomic E-state index is 0.887. The van der Waals surface area contributed by atoms with Crippen LogP contribution >= 0.6 is 0 Å². The summed E-state index contributed by atoms with van der Waals surface area (Å²) in [5.74, 6) is 0. The van der Waals surface area contributed by atoms with Crippen molar-refractivity contribution in [2.24, 2.45) is 0 Å². The quantitative estimate of drug-likeness (QED) is 0.293. The molecule has 8 heavy (non-hydrogen) atoms. The fourth-order valence-electron chi connectivity index (χ4n) is 0.499. The lowest BCUT2D eigenvalue weighted by atomic mass is 10.4. The molecule has 0 saturated carbocycles. The normalized spacial score (nSPS) is 10.5. The molecule has 0 aliphatic heterocycles. The number of rotatable bonds is 4. The summed E-state index contributed by atoms with van der Waals surface area (Å²) in [4.78, 5) is 2.14. The Kier molecular flexibility index (Phi) is 5.01. The maximum absolute atomic E-state index is 3.73. The standard InChI is InChI=1S/C6H15NO/c1-7(2)5-4-6-8-3/h8H,3-6H2,1-2H3. The molecule has 0 heterocycles. The molecule has 0 aliphatic rings. The Hall–Kier alpha value is -0.0800. The average Bonchev–Trinajstić information content (AvgIpc) is 1.66. The Bertz CT molecular complexity index is 45.8. The molecule has 0 rings (SSSR count). The lowest BCUT2D eigenvalue weighted by Gasteiger charge is -2.07. The van der Waals surface area contributed by atoms with E-state index in [2.05, 4.69) is 30.8 Å². The van der Waals surface area contributed by atoms with Gasteiger partial charge in [0, 0.05) is 13.0 Å². The van der Waals surface area contributed by atoms with Gasteiger partial charge in [0.05, 0.1) is 0 Å². The van der Waals surface area contributed by atoms with Crippen LogP contribution in [0.2, 0.25) is 0 Å². The third kappa shape index (κ3) is 5.92. The maximum Gasteiger partial charge on any atom is 0.120 e. The highest BCUT2D eigenvalue weighted by atomic mass is 16.5. The van der Waals surface area contributed by atoms with E-state index < -0.39 is 0 Å². The molecule has 0 aromatic rings. The molecule has 0 unspecified atom stereocenters. The van der Waals surface area contributed by atoms with Gasteiger partial charge < -0.3 is 9.64 Å². The first-order chi connectivity index (χ1) is 3.77. The van der Waals surface area contributed by atoms with Crippen LogP contribution in [0.3, 0.4) is 0 Å². The molecule has 0 bridgehead atoms. The molecule has 0 saturated heterocycles. The third-order valence-corrected chi connectivity index (χ3v) is 0.922. The minimum atomic E-state index is 0.887. The molecule has 50 valence electrons. The van der Waals surface area contributed by atoms with E-state index in [1.54, 1.807) is 0 Å². The van der Waals surface area contributed by atoms with E-state index in [1.165, 1.54) is 0 Å². The van der Waals surface area contributed by atoms with Crippen molar-refractivity contribution >= 4 is 0 Å². The van der Waals surface area contributed by atoms with Crippen molar-refractivity contribution in [3.05, 3.63) is 7.11 Å². The predicted molar refractivity (Wildman–Crippen MR) is 35.6 cm³/mol. The molecule has 0 aromatic heterocycles. The van der Waals surface area contributed by atoms with Crippen LogP contribution in [0.5, 0.6) is 0 Å². The van der Waals surface area contributed by atoms with Gasteiger partial charge >= 0.3 is 0 Å². The Morgan fingerprint density at radius 2 is 2.12 bits per heavy atom. The number of ether oxygens (including phenoxy) is 1. The molecular weight excluding hydrogens is 102 g/mol.